The molecule has 0 bridgehead atoms. The van der Waals surface area contributed by atoms with Crippen LogP contribution in [0.5, 0.6) is 17.2 Å². The lowest BCUT2D eigenvalue weighted by molar-refractivity contribution is 0.267. The van der Waals surface area contributed by atoms with Gasteiger partial charge in [-0.15, -0.1) is 11.3 Å². The molecule has 0 N–H and O–H groups in total. The third-order valence-electron chi connectivity index (χ3n) is 3.64. The summed E-state index contributed by atoms with van der Waals surface area (Å²) in [5.74, 6) is 1.91. The van der Waals surface area contributed by atoms with Gasteiger partial charge in [-0.25, -0.2) is 4.98 Å². The average molecular weight is 341 g/mol. The topological polar surface area (TPSA) is 40.6 Å². The molecule has 0 spiro atoms. The molecule has 0 aliphatic heterocycles. The minimum Gasteiger partial charge on any atom is -0.493 e. The Morgan fingerprint density at radius 1 is 0.917 bits per heavy atom. The molecule has 24 heavy (non-hydrogen) atoms. The highest BCUT2D eigenvalue weighted by atomic mass is 32.1. The summed E-state index contributed by atoms with van der Waals surface area (Å²) in [6, 6.07) is 15.7. The number of rotatable bonds is 6. The molecule has 3 rings (SSSR count). The lowest BCUT2D eigenvalue weighted by Gasteiger charge is -2.13. The molecule has 2 aromatic carbocycles. The molecule has 0 saturated carbocycles. The van der Waals surface area contributed by atoms with Gasteiger partial charge in [0.2, 0.25) is 5.75 Å². The normalized spacial score (nSPS) is 10.5. The summed E-state index contributed by atoms with van der Waals surface area (Å²) in [6.45, 7) is 2.42. The predicted octanol–water partition coefficient (Wildman–Crippen LogP) is 4.71. The number of methoxy groups -OCH3 is 2. The molecule has 0 aliphatic carbocycles. The molecule has 0 aliphatic rings. The Morgan fingerprint density at radius 3 is 2.21 bits per heavy atom. The molecule has 0 unspecified atom stereocenters. The second-order valence-corrected chi connectivity index (χ2v) is 6.26. The number of hydrogen-bond acceptors (Lipinski definition) is 5. The third kappa shape index (κ3) is 3.36. The summed E-state index contributed by atoms with van der Waals surface area (Å²) in [5.41, 5.74) is 2.10. The molecule has 0 atom stereocenters. The molecular formula is C19H19NO3S. The van der Waals surface area contributed by atoms with Gasteiger partial charge in [-0.1, -0.05) is 36.4 Å². The van der Waals surface area contributed by atoms with Gasteiger partial charge in [0.05, 0.1) is 24.8 Å². The highest BCUT2D eigenvalue weighted by Gasteiger charge is 2.14. The van der Waals surface area contributed by atoms with Gasteiger partial charge in [-0.2, -0.15) is 0 Å². The maximum atomic E-state index is 5.99. The maximum Gasteiger partial charge on any atom is 0.203 e. The Morgan fingerprint density at radius 2 is 1.58 bits per heavy atom. The number of para-hydroxylation sites is 1. The number of thiazole rings is 1. The summed E-state index contributed by atoms with van der Waals surface area (Å²) in [7, 11) is 3.24. The first kappa shape index (κ1) is 16.3. The van der Waals surface area contributed by atoms with Gasteiger partial charge in [0.1, 0.15) is 11.6 Å². The first-order valence-corrected chi connectivity index (χ1v) is 8.40. The van der Waals surface area contributed by atoms with Crippen LogP contribution in [0.2, 0.25) is 0 Å². The molecule has 124 valence electrons. The molecule has 0 saturated heterocycles. The summed E-state index contributed by atoms with van der Waals surface area (Å²) in [4.78, 5) is 5.74. The monoisotopic (exact) mass is 341 g/mol. The van der Waals surface area contributed by atoms with Crippen molar-refractivity contribution in [2.75, 3.05) is 14.2 Å². The van der Waals surface area contributed by atoms with Crippen molar-refractivity contribution in [1.29, 1.82) is 0 Å². The van der Waals surface area contributed by atoms with E-state index in [0.29, 0.717) is 23.9 Å². The van der Waals surface area contributed by atoms with Crippen molar-refractivity contribution in [3.05, 3.63) is 59.1 Å². The van der Waals surface area contributed by atoms with Crippen LogP contribution in [0, 0.1) is 6.92 Å². The fraction of sp³-hybridized carbons (Fsp3) is 0.211. The smallest absolute Gasteiger partial charge is 0.203 e. The molecule has 3 aromatic rings. The molecule has 5 heteroatoms. The number of hydrogen-bond donors (Lipinski definition) is 0. The first-order valence-electron chi connectivity index (χ1n) is 7.58. The van der Waals surface area contributed by atoms with Crippen molar-refractivity contribution < 1.29 is 14.2 Å². The zero-order valence-electron chi connectivity index (χ0n) is 13.9. The van der Waals surface area contributed by atoms with E-state index in [4.69, 9.17) is 14.2 Å². The minimum absolute atomic E-state index is 0.424. The summed E-state index contributed by atoms with van der Waals surface area (Å²) in [5, 5.41) is 0.999. The van der Waals surface area contributed by atoms with Gasteiger partial charge in [0.15, 0.2) is 11.5 Å². The van der Waals surface area contributed by atoms with Gasteiger partial charge in [-0.05, 0) is 19.1 Å². The lowest BCUT2D eigenvalue weighted by Crippen LogP contribution is -1.99. The first-order chi connectivity index (χ1) is 11.7. The zero-order chi connectivity index (χ0) is 16.9. The van der Waals surface area contributed by atoms with Crippen LogP contribution >= 0.6 is 11.3 Å². The van der Waals surface area contributed by atoms with Crippen LogP contribution in [0.1, 0.15) is 10.6 Å². The Bertz CT molecular complexity index is 792. The van der Waals surface area contributed by atoms with Gasteiger partial charge in [0, 0.05) is 5.56 Å². The quantitative estimate of drug-likeness (QED) is 0.651. The van der Waals surface area contributed by atoms with Crippen molar-refractivity contribution in [3.8, 4) is 27.8 Å². The standard InChI is InChI=1S/C19H19NO3S/c1-13-17(24-19(20-13)14-8-5-4-6-9-14)12-23-18-15(21-2)10-7-11-16(18)22-3/h4-11H,12H2,1-3H3. The van der Waals surface area contributed by atoms with Crippen molar-refractivity contribution in [3.63, 3.8) is 0 Å². The molecule has 0 fully saturated rings. The fourth-order valence-electron chi connectivity index (χ4n) is 2.36. The van der Waals surface area contributed by atoms with Gasteiger partial charge >= 0.3 is 0 Å². The molecule has 1 heterocycles. The van der Waals surface area contributed by atoms with Gasteiger partial charge < -0.3 is 14.2 Å². The minimum atomic E-state index is 0.424. The van der Waals surface area contributed by atoms with E-state index < -0.39 is 0 Å². The molecule has 1 aromatic heterocycles. The molecular weight excluding hydrogens is 322 g/mol. The van der Waals surface area contributed by atoms with E-state index >= 15 is 0 Å². The Balaban J connectivity index is 1.82. The number of nitrogens with zero attached hydrogens (tertiary/aromatic N) is 1. The Labute approximate surface area is 145 Å². The van der Waals surface area contributed by atoms with Crippen molar-refractivity contribution in [2.45, 2.75) is 13.5 Å². The average Bonchev–Trinajstić information content (AvgIpc) is 3.01. The molecule has 0 radical (unpaired) electrons. The lowest BCUT2D eigenvalue weighted by atomic mass is 10.2. The maximum absolute atomic E-state index is 5.99. The highest BCUT2D eigenvalue weighted by molar-refractivity contribution is 7.15. The van der Waals surface area contributed by atoms with E-state index in [1.54, 1.807) is 25.6 Å². The number of benzene rings is 2. The number of aromatic nitrogens is 1. The fourth-order valence-corrected chi connectivity index (χ4v) is 3.34. The van der Waals surface area contributed by atoms with Crippen molar-refractivity contribution in [2.24, 2.45) is 0 Å². The van der Waals surface area contributed by atoms with Crippen LogP contribution in [0.15, 0.2) is 48.5 Å². The predicted molar refractivity (Wildman–Crippen MR) is 96.2 cm³/mol. The van der Waals surface area contributed by atoms with Crippen LogP contribution in [-0.4, -0.2) is 19.2 Å². The van der Waals surface area contributed by atoms with E-state index in [-0.39, 0.29) is 0 Å². The van der Waals surface area contributed by atoms with E-state index in [1.807, 2.05) is 43.3 Å². The zero-order valence-corrected chi connectivity index (χ0v) is 14.7. The highest BCUT2D eigenvalue weighted by Crippen LogP contribution is 2.38. The van der Waals surface area contributed by atoms with Crippen molar-refractivity contribution >= 4 is 11.3 Å². The van der Waals surface area contributed by atoms with Gasteiger partial charge in [0.25, 0.3) is 0 Å². The van der Waals surface area contributed by atoms with Crippen LogP contribution in [0.3, 0.4) is 0 Å². The van der Waals surface area contributed by atoms with E-state index in [9.17, 15) is 0 Å². The Hall–Kier alpha value is -2.53. The van der Waals surface area contributed by atoms with E-state index in [2.05, 4.69) is 17.1 Å². The summed E-state index contributed by atoms with van der Waals surface area (Å²) in [6.07, 6.45) is 0. The third-order valence-corrected chi connectivity index (χ3v) is 4.82. The van der Waals surface area contributed by atoms with Crippen LogP contribution in [-0.2, 0) is 6.61 Å². The van der Waals surface area contributed by atoms with Crippen molar-refractivity contribution in [1.82, 2.24) is 4.98 Å². The second-order valence-electron chi connectivity index (χ2n) is 5.17. The van der Waals surface area contributed by atoms with Gasteiger partial charge in [-0.3, -0.25) is 0 Å². The summed E-state index contributed by atoms with van der Waals surface area (Å²) < 4.78 is 16.7. The van der Waals surface area contributed by atoms with Crippen LogP contribution in [0.25, 0.3) is 10.6 Å². The Kier molecular flexibility index (Phi) is 5.01. The number of ether oxygens (including phenoxy) is 3. The largest absolute Gasteiger partial charge is 0.493 e. The summed E-state index contributed by atoms with van der Waals surface area (Å²) >= 11 is 1.64. The molecule has 0 amide bonds. The van der Waals surface area contributed by atoms with Crippen LogP contribution < -0.4 is 14.2 Å². The molecule has 4 nitrogen and oxygen atoms in total. The number of aryl methyl sites for hydroxylation is 1. The van der Waals surface area contributed by atoms with E-state index in [1.165, 1.54) is 0 Å². The SMILES string of the molecule is COc1cccc(OC)c1OCc1sc(-c2ccccc2)nc1C. The van der Waals surface area contributed by atoms with Crippen LogP contribution in [0.4, 0.5) is 0 Å². The van der Waals surface area contributed by atoms with E-state index in [0.717, 1.165) is 21.1 Å². The second kappa shape index (κ2) is 7.36.